The van der Waals surface area contributed by atoms with Gasteiger partial charge in [0.2, 0.25) is 0 Å². The second-order valence-electron chi connectivity index (χ2n) is 7.57. The first-order chi connectivity index (χ1) is 13.4. The first-order valence-corrected chi connectivity index (χ1v) is 9.71. The molecule has 0 aliphatic carbocycles. The van der Waals surface area contributed by atoms with Crippen molar-refractivity contribution in [3.63, 3.8) is 0 Å². The van der Waals surface area contributed by atoms with E-state index in [1.54, 1.807) is 17.0 Å². The monoisotopic (exact) mass is 393 g/mol. The first kappa shape index (κ1) is 20.4. The zero-order valence-corrected chi connectivity index (χ0v) is 16.6. The SMILES string of the molecule is COC(=O)C1CCCN(C(=O)Nc2ccc(N3CC(C)OC(C)C3)c(F)c2)C1. The third kappa shape index (κ3) is 4.73. The van der Waals surface area contributed by atoms with Gasteiger partial charge in [0.05, 0.1) is 30.9 Å². The van der Waals surface area contributed by atoms with Crippen LogP contribution in [-0.2, 0) is 14.3 Å². The second kappa shape index (κ2) is 8.77. The van der Waals surface area contributed by atoms with Crippen molar-refractivity contribution < 1.29 is 23.5 Å². The van der Waals surface area contributed by atoms with Crippen molar-refractivity contribution in [2.24, 2.45) is 5.92 Å². The molecule has 2 saturated heterocycles. The molecule has 0 saturated carbocycles. The molecule has 3 rings (SSSR count). The molecule has 0 bridgehead atoms. The summed E-state index contributed by atoms with van der Waals surface area (Å²) in [4.78, 5) is 27.8. The van der Waals surface area contributed by atoms with Gasteiger partial charge < -0.3 is 24.6 Å². The Morgan fingerprint density at radius 2 is 1.93 bits per heavy atom. The number of halogens is 1. The fourth-order valence-corrected chi connectivity index (χ4v) is 3.94. The van der Waals surface area contributed by atoms with Gasteiger partial charge in [-0.25, -0.2) is 9.18 Å². The van der Waals surface area contributed by atoms with Crippen molar-refractivity contribution >= 4 is 23.4 Å². The van der Waals surface area contributed by atoms with E-state index in [9.17, 15) is 14.0 Å². The summed E-state index contributed by atoms with van der Waals surface area (Å²) in [5.41, 5.74) is 0.893. The molecule has 0 spiro atoms. The van der Waals surface area contributed by atoms with Crippen LogP contribution in [0.2, 0.25) is 0 Å². The number of likely N-dealkylation sites (tertiary alicyclic amines) is 1. The van der Waals surface area contributed by atoms with Crippen LogP contribution < -0.4 is 10.2 Å². The van der Waals surface area contributed by atoms with E-state index < -0.39 is 0 Å². The highest BCUT2D eigenvalue weighted by Crippen LogP contribution is 2.26. The number of piperidine rings is 1. The molecule has 8 heteroatoms. The topological polar surface area (TPSA) is 71.1 Å². The van der Waals surface area contributed by atoms with Crippen LogP contribution in [0.15, 0.2) is 18.2 Å². The summed E-state index contributed by atoms with van der Waals surface area (Å²) < 4.78 is 25.2. The van der Waals surface area contributed by atoms with Gasteiger partial charge in [0.25, 0.3) is 0 Å². The number of morpholine rings is 1. The van der Waals surface area contributed by atoms with Gasteiger partial charge >= 0.3 is 12.0 Å². The van der Waals surface area contributed by atoms with E-state index >= 15 is 0 Å². The minimum absolute atomic E-state index is 0.0318. The normalized spacial score (nSPS) is 25.4. The number of nitrogens with one attached hydrogen (secondary N) is 1. The molecule has 2 fully saturated rings. The number of hydrogen-bond donors (Lipinski definition) is 1. The van der Waals surface area contributed by atoms with E-state index in [4.69, 9.17) is 9.47 Å². The van der Waals surface area contributed by atoms with E-state index in [0.29, 0.717) is 44.0 Å². The number of carbonyl (C=O) groups is 2. The maximum absolute atomic E-state index is 14.7. The molecule has 3 unspecified atom stereocenters. The fraction of sp³-hybridized carbons (Fsp3) is 0.600. The van der Waals surface area contributed by atoms with Gasteiger partial charge in [0.1, 0.15) is 5.82 Å². The molecular weight excluding hydrogens is 365 g/mol. The van der Waals surface area contributed by atoms with Crippen LogP contribution in [0, 0.1) is 11.7 Å². The van der Waals surface area contributed by atoms with Gasteiger partial charge in [-0.3, -0.25) is 4.79 Å². The molecule has 3 atom stereocenters. The highest BCUT2D eigenvalue weighted by atomic mass is 19.1. The second-order valence-corrected chi connectivity index (χ2v) is 7.57. The Bertz CT molecular complexity index is 719. The van der Waals surface area contributed by atoms with Crippen LogP contribution in [0.4, 0.5) is 20.6 Å². The van der Waals surface area contributed by atoms with Crippen LogP contribution in [0.5, 0.6) is 0 Å². The minimum Gasteiger partial charge on any atom is -0.469 e. The standard InChI is InChI=1S/C20H28FN3O4/c1-13-10-24(11-14(2)28-13)18-7-6-16(9-17(18)21)22-20(26)23-8-4-5-15(12-23)19(25)27-3/h6-7,9,13-15H,4-5,8,10-12H2,1-3H3,(H,22,26). The van der Waals surface area contributed by atoms with E-state index in [1.807, 2.05) is 18.7 Å². The summed E-state index contributed by atoms with van der Waals surface area (Å²) in [6.07, 6.45) is 1.50. The number of anilines is 2. The van der Waals surface area contributed by atoms with Crippen LogP contribution in [0.1, 0.15) is 26.7 Å². The molecule has 2 aliphatic heterocycles. The fourth-order valence-electron chi connectivity index (χ4n) is 3.94. The first-order valence-electron chi connectivity index (χ1n) is 9.71. The maximum atomic E-state index is 14.7. The van der Waals surface area contributed by atoms with Crippen LogP contribution in [0.25, 0.3) is 0 Å². The Morgan fingerprint density at radius 1 is 1.21 bits per heavy atom. The molecule has 1 N–H and O–H groups in total. The lowest BCUT2D eigenvalue weighted by molar-refractivity contribution is -0.146. The van der Waals surface area contributed by atoms with Gasteiger partial charge in [-0.2, -0.15) is 0 Å². The van der Waals surface area contributed by atoms with Crippen LogP contribution in [-0.4, -0.2) is 62.4 Å². The van der Waals surface area contributed by atoms with Gasteiger partial charge in [0, 0.05) is 31.9 Å². The van der Waals surface area contributed by atoms with Gasteiger partial charge in [-0.1, -0.05) is 0 Å². The summed E-state index contributed by atoms with van der Waals surface area (Å²) in [5.74, 6) is -0.999. The number of hydrogen-bond acceptors (Lipinski definition) is 5. The molecule has 0 radical (unpaired) electrons. The molecule has 2 heterocycles. The number of esters is 1. The largest absolute Gasteiger partial charge is 0.469 e. The predicted molar refractivity (Wildman–Crippen MR) is 104 cm³/mol. The summed E-state index contributed by atoms with van der Waals surface area (Å²) in [6, 6.07) is 4.38. The smallest absolute Gasteiger partial charge is 0.321 e. The lowest BCUT2D eigenvalue weighted by atomic mass is 9.98. The Balaban J connectivity index is 1.64. The highest BCUT2D eigenvalue weighted by Gasteiger charge is 2.29. The van der Waals surface area contributed by atoms with E-state index in [1.165, 1.54) is 13.2 Å². The van der Waals surface area contributed by atoms with Crippen molar-refractivity contribution in [1.82, 2.24) is 4.90 Å². The van der Waals surface area contributed by atoms with Crippen molar-refractivity contribution in [3.05, 3.63) is 24.0 Å². The van der Waals surface area contributed by atoms with Crippen LogP contribution in [0.3, 0.4) is 0 Å². The van der Waals surface area contributed by atoms with Crippen molar-refractivity contribution in [3.8, 4) is 0 Å². The number of methoxy groups -OCH3 is 1. The van der Waals surface area contributed by atoms with Crippen molar-refractivity contribution in [2.75, 3.05) is 43.5 Å². The Morgan fingerprint density at radius 3 is 2.57 bits per heavy atom. The molecule has 1 aromatic rings. The van der Waals surface area contributed by atoms with E-state index in [2.05, 4.69) is 5.32 Å². The number of nitrogens with zero attached hydrogens (tertiary/aromatic N) is 2. The molecule has 2 amide bonds. The molecule has 154 valence electrons. The summed E-state index contributed by atoms with van der Waals surface area (Å²) >= 11 is 0. The maximum Gasteiger partial charge on any atom is 0.321 e. The third-order valence-corrected chi connectivity index (χ3v) is 5.20. The van der Waals surface area contributed by atoms with Crippen molar-refractivity contribution in [1.29, 1.82) is 0 Å². The number of urea groups is 1. The molecule has 28 heavy (non-hydrogen) atoms. The lowest BCUT2D eigenvalue weighted by Gasteiger charge is -2.37. The third-order valence-electron chi connectivity index (χ3n) is 5.20. The Hall–Kier alpha value is -2.35. The molecule has 0 aromatic heterocycles. The molecule has 1 aromatic carbocycles. The Kier molecular flexibility index (Phi) is 6.39. The van der Waals surface area contributed by atoms with E-state index in [-0.39, 0.29) is 35.9 Å². The number of ether oxygens (including phenoxy) is 2. The van der Waals surface area contributed by atoms with Gasteiger partial charge in [0.15, 0.2) is 0 Å². The van der Waals surface area contributed by atoms with Gasteiger partial charge in [-0.15, -0.1) is 0 Å². The van der Waals surface area contributed by atoms with Gasteiger partial charge in [-0.05, 0) is 44.9 Å². The number of benzene rings is 1. The summed E-state index contributed by atoms with van der Waals surface area (Å²) in [6.45, 7) is 6.04. The number of amides is 2. The summed E-state index contributed by atoms with van der Waals surface area (Å²) in [5, 5.41) is 2.73. The zero-order chi connectivity index (χ0) is 20.3. The molecule has 7 nitrogen and oxygen atoms in total. The number of carbonyl (C=O) groups excluding carboxylic acids is 2. The average molecular weight is 393 g/mol. The van der Waals surface area contributed by atoms with Crippen LogP contribution >= 0.6 is 0 Å². The lowest BCUT2D eigenvalue weighted by Crippen LogP contribution is -2.46. The highest BCUT2D eigenvalue weighted by molar-refractivity contribution is 5.90. The number of rotatable bonds is 3. The van der Waals surface area contributed by atoms with E-state index in [0.717, 1.165) is 6.42 Å². The van der Waals surface area contributed by atoms with Crippen molar-refractivity contribution in [2.45, 2.75) is 38.9 Å². The average Bonchev–Trinajstić information content (AvgIpc) is 2.66. The zero-order valence-electron chi connectivity index (χ0n) is 16.6. The predicted octanol–water partition coefficient (Wildman–Crippen LogP) is 2.86. The minimum atomic E-state index is -0.384. The Labute approximate surface area is 164 Å². The molecule has 2 aliphatic rings. The summed E-state index contributed by atoms with van der Waals surface area (Å²) in [7, 11) is 1.35. The molecular formula is C20H28FN3O4. The quantitative estimate of drug-likeness (QED) is 0.800.